The summed E-state index contributed by atoms with van der Waals surface area (Å²) in [5.74, 6) is -0.228. The SMILES string of the molecule is C[C@@H]1C(=O)O[C@@H]2[C@H]1CC[C@@](C)(O)[C@@H]1CCC(=O)[C@@]21C. The molecule has 1 aliphatic heterocycles. The zero-order valence-corrected chi connectivity index (χ0v) is 11.8. The molecule has 0 unspecified atom stereocenters. The number of hydrogen-bond donors (Lipinski definition) is 1. The number of carbonyl (C=O) groups is 2. The molecule has 106 valence electrons. The molecule has 0 amide bonds. The number of esters is 1. The minimum Gasteiger partial charge on any atom is -0.461 e. The Bertz CT molecular complexity index is 441. The molecule has 0 radical (unpaired) electrons. The van der Waals surface area contributed by atoms with E-state index >= 15 is 0 Å². The third kappa shape index (κ3) is 1.55. The van der Waals surface area contributed by atoms with Crippen LogP contribution in [0.2, 0.25) is 0 Å². The molecule has 6 atom stereocenters. The Morgan fingerprint density at radius 1 is 1.26 bits per heavy atom. The van der Waals surface area contributed by atoms with Gasteiger partial charge in [-0.1, -0.05) is 6.92 Å². The fourth-order valence-corrected chi connectivity index (χ4v) is 4.71. The lowest BCUT2D eigenvalue weighted by Gasteiger charge is -2.40. The first-order valence-electron chi connectivity index (χ1n) is 7.24. The van der Waals surface area contributed by atoms with Gasteiger partial charge in [0.1, 0.15) is 11.9 Å². The van der Waals surface area contributed by atoms with Gasteiger partial charge in [0, 0.05) is 18.3 Å². The Balaban J connectivity index is 2.08. The maximum atomic E-state index is 12.4. The minimum atomic E-state index is -0.836. The molecule has 1 N–H and O–H groups in total. The van der Waals surface area contributed by atoms with Crippen molar-refractivity contribution in [3.63, 3.8) is 0 Å². The van der Waals surface area contributed by atoms with Crippen molar-refractivity contribution in [3.8, 4) is 0 Å². The average molecular weight is 266 g/mol. The van der Waals surface area contributed by atoms with Gasteiger partial charge in [-0.15, -0.1) is 0 Å². The number of carbonyl (C=O) groups excluding carboxylic acids is 2. The fourth-order valence-electron chi connectivity index (χ4n) is 4.71. The summed E-state index contributed by atoms with van der Waals surface area (Å²) in [6.07, 6.45) is 2.25. The molecule has 3 rings (SSSR count). The van der Waals surface area contributed by atoms with E-state index in [9.17, 15) is 14.7 Å². The molecule has 3 aliphatic rings. The summed E-state index contributed by atoms with van der Waals surface area (Å²) in [5.41, 5.74) is -1.54. The molecular weight excluding hydrogens is 244 g/mol. The fraction of sp³-hybridized carbons (Fsp3) is 0.867. The van der Waals surface area contributed by atoms with Crippen LogP contribution in [0.3, 0.4) is 0 Å². The minimum absolute atomic E-state index is 0.0658. The van der Waals surface area contributed by atoms with E-state index in [1.165, 1.54) is 0 Å². The molecule has 0 aromatic heterocycles. The topological polar surface area (TPSA) is 63.6 Å². The van der Waals surface area contributed by atoms with E-state index in [0.29, 0.717) is 19.3 Å². The lowest BCUT2D eigenvalue weighted by Crippen LogP contribution is -2.49. The smallest absolute Gasteiger partial charge is 0.309 e. The first-order chi connectivity index (χ1) is 8.78. The molecule has 4 nitrogen and oxygen atoms in total. The number of hydrogen-bond acceptors (Lipinski definition) is 4. The molecule has 3 fully saturated rings. The Kier molecular flexibility index (Phi) is 2.63. The van der Waals surface area contributed by atoms with Crippen molar-refractivity contribution in [2.45, 2.75) is 58.2 Å². The van der Waals surface area contributed by atoms with Gasteiger partial charge >= 0.3 is 5.97 Å². The first-order valence-corrected chi connectivity index (χ1v) is 7.24. The van der Waals surface area contributed by atoms with Gasteiger partial charge in [0.2, 0.25) is 0 Å². The van der Waals surface area contributed by atoms with E-state index in [1.54, 1.807) is 0 Å². The van der Waals surface area contributed by atoms with Crippen LogP contribution in [0.5, 0.6) is 0 Å². The molecule has 2 aliphatic carbocycles. The predicted molar refractivity (Wildman–Crippen MR) is 68.2 cm³/mol. The zero-order chi connectivity index (χ0) is 14.0. The van der Waals surface area contributed by atoms with Crippen molar-refractivity contribution in [3.05, 3.63) is 0 Å². The largest absolute Gasteiger partial charge is 0.461 e. The van der Waals surface area contributed by atoms with E-state index in [-0.39, 0.29) is 35.6 Å². The number of fused-ring (bicyclic) bond motifs is 3. The summed E-state index contributed by atoms with van der Waals surface area (Å²) in [6.45, 7) is 5.61. The molecule has 1 saturated heterocycles. The highest BCUT2D eigenvalue weighted by atomic mass is 16.6. The van der Waals surface area contributed by atoms with Crippen LogP contribution in [-0.2, 0) is 14.3 Å². The van der Waals surface area contributed by atoms with E-state index < -0.39 is 11.0 Å². The Hall–Kier alpha value is -0.900. The summed E-state index contributed by atoms with van der Waals surface area (Å²) in [5, 5.41) is 10.7. The van der Waals surface area contributed by atoms with Crippen LogP contribution in [-0.4, -0.2) is 28.6 Å². The van der Waals surface area contributed by atoms with Crippen LogP contribution in [0, 0.1) is 23.2 Å². The number of ether oxygens (including phenoxy) is 1. The van der Waals surface area contributed by atoms with Crippen LogP contribution in [0.1, 0.15) is 46.5 Å². The van der Waals surface area contributed by atoms with Gasteiger partial charge in [0.15, 0.2) is 0 Å². The second-order valence-electron chi connectivity index (χ2n) is 7.00. The van der Waals surface area contributed by atoms with Crippen LogP contribution >= 0.6 is 0 Å². The monoisotopic (exact) mass is 266 g/mol. The van der Waals surface area contributed by atoms with Crippen molar-refractivity contribution in [1.82, 2.24) is 0 Å². The normalized spacial score (nSPS) is 53.5. The Morgan fingerprint density at radius 2 is 1.95 bits per heavy atom. The number of rotatable bonds is 0. The first kappa shape index (κ1) is 13.1. The Morgan fingerprint density at radius 3 is 2.63 bits per heavy atom. The molecule has 0 aromatic carbocycles. The van der Waals surface area contributed by atoms with Crippen LogP contribution in [0.4, 0.5) is 0 Å². The number of aliphatic hydroxyl groups is 1. The average Bonchev–Trinajstić information content (AvgIpc) is 2.76. The molecule has 0 bridgehead atoms. The van der Waals surface area contributed by atoms with Crippen LogP contribution in [0.25, 0.3) is 0 Å². The number of ketones is 1. The molecular formula is C15H22O4. The standard InChI is InChI=1S/C15H22O4/c1-8-9-6-7-14(2,18)10-4-5-11(16)15(10,3)12(9)19-13(8)17/h8-10,12,18H,4-7H2,1-3H3/t8-,9-,10-,12+,14+,15-/m0/s1. The van der Waals surface area contributed by atoms with E-state index in [1.807, 2.05) is 20.8 Å². The third-order valence-corrected chi connectivity index (χ3v) is 5.96. The second-order valence-corrected chi connectivity index (χ2v) is 7.00. The van der Waals surface area contributed by atoms with Crippen LogP contribution in [0.15, 0.2) is 0 Å². The van der Waals surface area contributed by atoms with Crippen molar-refractivity contribution in [1.29, 1.82) is 0 Å². The molecule has 19 heavy (non-hydrogen) atoms. The third-order valence-electron chi connectivity index (χ3n) is 5.96. The summed E-state index contributed by atoms with van der Waals surface area (Å²) in [7, 11) is 0. The van der Waals surface area contributed by atoms with Gasteiger partial charge in [0.05, 0.1) is 16.9 Å². The molecule has 1 heterocycles. The quantitative estimate of drug-likeness (QED) is 0.678. The van der Waals surface area contributed by atoms with Gasteiger partial charge < -0.3 is 9.84 Å². The molecule has 2 saturated carbocycles. The van der Waals surface area contributed by atoms with Gasteiger partial charge in [-0.2, -0.15) is 0 Å². The second kappa shape index (κ2) is 3.81. The van der Waals surface area contributed by atoms with Crippen LogP contribution < -0.4 is 0 Å². The van der Waals surface area contributed by atoms with Gasteiger partial charge in [-0.3, -0.25) is 9.59 Å². The van der Waals surface area contributed by atoms with Crippen molar-refractivity contribution >= 4 is 11.8 Å². The van der Waals surface area contributed by atoms with Crippen molar-refractivity contribution in [2.75, 3.05) is 0 Å². The molecule has 4 heteroatoms. The summed E-state index contributed by atoms with van der Waals surface area (Å²) in [6, 6.07) is 0. The van der Waals surface area contributed by atoms with E-state index in [2.05, 4.69) is 0 Å². The van der Waals surface area contributed by atoms with E-state index in [0.717, 1.165) is 6.42 Å². The van der Waals surface area contributed by atoms with Crippen molar-refractivity contribution in [2.24, 2.45) is 23.2 Å². The number of Topliss-reactive ketones (excluding diaryl/α,β-unsaturated/α-hetero) is 1. The summed E-state index contributed by atoms with van der Waals surface area (Å²) in [4.78, 5) is 24.3. The highest BCUT2D eigenvalue weighted by Gasteiger charge is 2.64. The maximum Gasteiger partial charge on any atom is 0.309 e. The van der Waals surface area contributed by atoms with Crippen molar-refractivity contribution < 1.29 is 19.4 Å². The molecule has 0 spiro atoms. The maximum absolute atomic E-state index is 12.4. The zero-order valence-electron chi connectivity index (χ0n) is 11.8. The van der Waals surface area contributed by atoms with Gasteiger partial charge in [-0.05, 0) is 33.1 Å². The Labute approximate surface area is 113 Å². The highest BCUT2D eigenvalue weighted by molar-refractivity contribution is 5.89. The van der Waals surface area contributed by atoms with E-state index in [4.69, 9.17) is 4.74 Å². The highest BCUT2D eigenvalue weighted by Crippen LogP contribution is 2.57. The predicted octanol–water partition coefficient (Wildman–Crippen LogP) is 1.69. The van der Waals surface area contributed by atoms with Gasteiger partial charge in [-0.25, -0.2) is 0 Å². The lowest BCUT2D eigenvalue weighted by molar-refractivity contribution is -0.157. The summed E-state index contributed by atoms with van der Waals surface area (Å²) >= 11 is 0. The molecule has 0 aromatic rings. The lowest BCUT2D eigenvalue weighted by atomic mass is 9.67. The van der Waals surface area contributed by atoms with Gasteiger partial charge in [0.25, 0.3) is 0 Å². The summed E-state index contributed by atoms with van der Waals surface area (Å²) < 4.78 is 5.57.